The second kappa shape index (κ2) is 10.7. The maximum Gasteiger partial charge on any atom is 0.250 e. The van der Waals surface area contributed by atoms with E-state index in [-0.39, 0.29) is 24.4 Å². The van der Waals surface area contributed by atoms with E-state index in [1.807, 2.05) is 59.5 Å². The van der Waals surface area contributed by atoms with Crippen molar-refractivity contribution in [3.63, 3.8) is 0 Å². The summed E-state index contributed by atoms with van der Waals surface area (Å²) < 4.78 is 5.80. The Balaban J connectivity index is 1.60. The van der Waals surface area contributed by atoms with Gasteiger partial charge in [0.2, 0.25) is 5.91 Å². The first-order chi connectivity index (χ1) is 15.7. The van der Waals surface area contributed by atoms with Gasteiger partial charge in [-0.3, -0.25) is 9.59 Å². The molecule has 2 aliphatic rings. The lowest BCUT2D eigenvalue weighted by molar-refractivity contribution is -0.160. The maximum absolute atomic E-state index is 13.8. The summed E-state index contributed by atoms with van der Waals surface area (Å²) in [6.07, 6.45) is 7.56. The summed E-state index contributed by atoms with van der Waals surface area (Å²) in [5.41, 5.74) is 1.88. The van der Waals surface area contributed by atoms with Crippen LogP contribution >= 0.6 is 0 Å². The molecule has 1 aliphatic heterocycles. The fraction of sp³-hybridized carbons (Fsp3) is 0.481. The molecule has 0 aromatic heterocycles. The normalized spacial score (nSPS) is 20.0. The molecular weight excluding hydrogens is 400 g/mol. The molecule has 2 aromatic rings. The predicted molar refractivity (Wildman–Crippen MR) is 125 cm³/mol. The highest BCUT2D eigenvalue weighted by atomic mass is 16.5. The molecule has 1 saturated heterocycles. The third kappa shape index (κ3) is 5.14. The molecule has 170 valence electrons. The van der Waals surface area contributed by atoms with Gasteiger partial charge < -0.3 is 14.5 Å². The third-order valence-corrected chi connectivity index (χ3v) is 6.63. The molecule has 0 N–H and O–H groups in total. The quantitative estimate of drug-likeness (QED) is 0.543. The summed E-state index contributed by atoms with van der Waals surface area (Å²) >= 11 is 0. The number of nitrogens with zero attached hydrogens (tertiary/aromatic N) is 2. The van der Waals surface area contributed by atoms with Gasteiger partial charge in [0, 0.05) is 12.6 Å². The van der Waals surface area contributed by atoms with Crippen molar-refractivity contribution in [2.24, 2.45) is 0 Å². The van der Waals surface area contributed by atoms with E-state index in [0.717, 1.165) is 55.4 Å². The zero-order chi connectivity index (χ0) is 22.3. The van der Waals surface area contributed by atoms with Crippen LogP contribution in [-0.2, 0) is 16.1 Å². The number of ether oxygens (including phenoxy) is 1. The van der Waals surface area contributed by atoms with Crippen LogP contribution in [0, 0.1) is 0 Å². The maximum atomic E-state index is 13.8. The first-order valence-electron chi connectivity index (χ1n) is 12.0. The van der Waals surface area contributed by atoms with Crippen molar-refractivity contribution in [3.8, 4) is 5.75 Å². The monoisotopic (exact) mass is 434 g/mol. The molecule has 0 bridgehead atoms. The molecule has 2 fully saturated rings. The van der Waals surface area contributed by atoms with Gasteiger partial charge in [0.05, 0.1) is 6.61 Å². The Labute approximate surface area is 191 Å². The minimum atomic E-state index is -0.594. The van der Waals surface area contributed by atoms with E-state index in [1.165, 1.54) is 6.42 Å². The lowest BCUT2D eigenvalue weighted by Crippen LogP contribution is -2.58. The first kappa shape index (κ1) is 22.4. The van der Waals surface area contributed by atoms with Crippen molar-refractivity contribution in [2.75, 3.05) is 13.2 Å². The topological polar surface area (TPSA) is 49.9 Å². The summed E-state index contributed by atoms with van der Waals surface area (Å²) in [6.45, 7) is 3.44. The third-order valence-electron chi connectivity index (χ3n) is 6.63. The van der Waals surface area contributed by atoms with Gasteiger partial charge in [-0.15, -0.1) is 0 Å². The van der Waals surface area contributed by atoms with Gasteiger partial charge in [0.1, 0.15) is 18.3 Å². The Morgan fingerprint density at radius 1 is 0.938 bits per heavy atom. The minimum absolute atomic E-state index is 0.0206. The van der Waals surface area contributed by atoms with Crippen LogP contribution in [0.4, 0.5) is 0 Å². The van der Waals surface area contributed by atoms with Crippen LogP contribution in [0.5, 0.6) is 5.75 Å². The first-order valence-corrected chi connectivity index (χ1v) is 12.0. The number of piperazine rings is 1. The molecular formula is C27H34N2O3. The highest BCUT2D eigenvalue weighted by molar-refractivity contribution is 5.95. The van der Waals surface area contributed by atoms with E-state index in [9.17, 15) is 9.59 Å². The summed E-state index contributed by atoms with van der Waals surface area (Å²) in [6, 6.07) is 17.2. The van der Waals surface area contributed by atoms with Crippen molar-refractivity contribution in [3.05, 3.63) is 65.7 Å². The largest absolute Gasteiger partial charge is 0.494 e. The number of hydrogen-bond donors (Lipinski definition) is 0. The van der Waals surface area contributed by atoms with Gasteiger partial charge >= 0.3 is 0 Å². The number of hydrogen-bond acceptors (Lipinski definition) is 3. The second-order valence-electron chi connectivity index (χ2n) is 8.94. The Kier molecular flexibility index (Phi) is 7.46. The lowest BCUT2D eigenvalue weighted by atomic mass is 9.91. The lowest BCUT2D eigenvalue weighted by Gasteiger charge is -2.44. The molecule has 2 aromatic carbocycles. The van der Waals surface area contributed by atoms with E-state index in [2.05, 4.69) is 6.92 Å². The number of carbonyl (C=O) groups excluding carboxylic acids is 2. The highest BCUT2D eigenvalue weighted by Gasteiger charge is 2.42. The highest BCUT2D eigenvalue weighted by Crippen LogP contribution is 2.34. The van der Waals surface area contributed by atoms with Crippen LogP contribution in [0.15, 0.2) is 54.6 Å². The molecule has 0 unspecified atom stereocenters. The average molecular weight is 435 g/mol. The Hall–Kier alpha value is -2.82. The molecule has 5 heteroatoms. The molecule has 1 heterocycles. The summed E-state index contributed by atoms with van der Waals surface area (Å²) in [7, 11) is 0. The van der Waals surface area contributed by atoms with Gasteiger partial charge in [-0.2, -0.15) is 0 Å². The van der Waals surface area contributed by atoms with Crippen molar-refractivity contribution in [1.29, 1.82) is 0 Å². The number of unbranched alkanes of at least 4 members (excludes halogenated alkanes) is 1. The standard InChI is InChI=1S/C27H34N2O3/c1-2-3-18-32-24-16-14-22(15-17-24)26-27(31)28(23-12-8-5-9-13-23)20-25(30)29(26)19-21-10-6-4-7-11-21/h4,6-7,10-11,14-17,23,26H,2-3,5,8-9,12-13,18-20H2,1H3/t26-/m1/s1. The van der Waals surface area contributed by atoms with Crippen LogP contribution in [-0.4, -0.2) is 40.8 Å². The fourth-order valence-corrected chi connectivity index (χ4v) is 4.81. The van der Waals surface area contributed by atoms with Crippen molar-refractivity contribution < 1.29 is 14.3 Å². The summed E-state index contributed by atoms with van der Waals surface area (Å²) in [4.78, 5) is 30.7. The van der Waals surface area contributed by atoms with E-state index >= 15 is 0 Å². The van der Waals surface area contributed by atoms with Gasteiger partial charge in [0.15, 0.2) is 0 Å². The van der Waals surface area contributed by atoms with E-state index < -0.39 is 6.04 Å². The van der Waals surface area contributed by atoms with Gasteiger partial charge in [-0.05, 0) is 42.5 Å². The molecule has 32 heavy (non-hydrogen) atoms. The molecule has 1 atom stereocenters. The van der Waals surface area contributed by atoms with Crippen molar-refractivity contribution in [2.45, 2.75) is 70.5 Å². The zero-order valence-electron chi connectivity index (χ0n) is 19.0. The number of rotatable bonds is 8. The molecule has 5 nitrogen and oxygen atoms in total. The van der Waals surface area contributed by atoms with Crippen LogP contribution in [0.1, 0.15) is 69.0 Å². The Morgan fingerprint density at radius 2 is 1.66 bits per heavy atom. The summed E-state index contributed by atoms with van der Waals surface area (Å²) in [5.74, 6) is 0.870. The Morgan fingerprint density at radius 3 is 2.34 bits per heavy atom. The number of amides is 2. The predicted octanol–water partition coefficient (Wildman–Crippen LogP) is 5.11. The van der Waals surface area contributed by atoms with Gasteiger partial charge in [-0.1, -0.05) is 75.1 Å². The van der Waals surface area contributed by atoms with Crippen LogP contribution in [0.3, 0.4) is 0 Å². The van der Waals surface area contributed by atoms with E-state index in [0.29, 0.717) is 13.2 Å². The number of carbonyl (C=O) groups is 2. The average Bonchev–Trinajstić information content (AvgIpc) is 2.83. The molecule has 2 amide bonds. The van der Waals surface area contributed by atoms with Gasteiger partial charge in [0.25, 0.3) is 5.91 Å². The fourth-order valence-electron chi connectivity index (χ4n) is 4.81. The zero-order valence-corrected chi connectivity index (χ0v) is 19.0. The number of benzene rings is 2. The van der Waals surface area contributed by atoms with E-state index in [4.69, 9.17) is 4.74 Å². The minimum Gasteiger partial charge on any atom is -0.494 e. The van der Waals surface area contributed by atoms with Crippen molar-refractivity contribution >= 4 is 11.8 Å². The van der Waals surface area contributed by atoms with Crippen LogP contribution in [0.25, 0.3) is 0 Å². The molecule has 1 saturated carbocycles. The van der Waals surface area contributed by atoms with Crippen molar-refractivity contribution in [1.82, 2.24) is 9.80 Å². The smallest absolute Gasteiger partial charge is 0.250 e. The molecule has 1 aliphatic carbocycles. The second-order valence-corrected chi connectivity index (χ2v) is 8.94. The SMILES string of the molecule is CCCCOc1ccc([C@@H]2C(=O)N(C3CCCCC3)CC(=O)N2Cc2ccccc2)cc1. The molecule has 4 rings (SSSR count). The Bertz CT molecular complexity index is 891. The van der Waals surface area contributed by atoms with Crippen LogP contribution < -0.4 is 4.74 Å². The van der Waals surface area contributed by atoms with Gasteiger partial charge in [-0.25, -0.2) is 0 Å². The van der Waals surface area contributed by atoms with Crippen LogP contribution in [0.2, 0.25) is 0 Å². The summed E-state index contributed by atoms with van der Waals surface area (Å²) in [5, 5.41) is 0. The molecule has 0 radical (unpaired) electrons. The molecule has 0 spiro atoms. The van der Waals surface area contributed by atoms with E-state index in [1.54, 1.807) is 4.90 Å².